The lowest BCUT2D eigenvalue weighted by Gasteiger charge is -2.11. The Morgan fingerprint density at radius 2 is 2.20 bits per heavy atom. The Bertz CT molecular complexity index is 175. The third kappa shape index (κ3) is 1.05. The molecule has 0 amide bonds. The molecule has 0 saturated heterocycles. The van der Waals surface area contributed by atoms with Gasteiger partial charge in [0.15, 0.2) is 0 Å². The number of nitrogens with one attached hydrogen (secondary N) is 1. The molecule has 0 aromatic carbocycles. The van der Waals surface area contributed by atoms with Gasteiger partial charge in [0.25, 0.3) is 0 Å². The van der Waals surface area contributed by atoms with E-state index in [9.17, 15) is 0 Å². The van der Waals surface area contributed by atoms with Crippen LogP contribution in [0.5, 0.6) is 0 Å². The normalized spacial score (nSPS) is 29.6. The summed E-state index contributed by atoms with van der Waals surface area (Å²) < 4.78 is 0. The van der Waals surface area contributed by atoms with E-state index >= 15 is 0 Å². The highest BCUT2D eigenvalue weighted by Gasteiger charge is 2.32. The zero-order chi connectivity index (χ0) is 7.19. The summed E-state index contributed by atoms with van der Waals surface area (Å²) in [5, 5.41) is 3.47. The van der Waals surface area contributed by atoms with Crippen molar-refractivity contribution in [1.29, 1.82) is 0 Å². The Morgan fingerprint density at radius 3 is 2.60 bits per heavy atom. The molecule has 1 nitrogen and oxygen atoms in total. The molecule has 0 bridgehead atoms. The molecule has 2 rings (SSSR count). The first-order valence-corrected chi connectivity index (χ1v) is 4.14. The average Bonchev–Trinajstić information content (AvgIpc) is 2.59. The fraction of sp³-hybridized carbons (Fsp3) is 0.778. The highest BCUT2D eigenvalue weighted by molar-refractivity contribution is 5.19. The first-order chi connectivity index (χ1) is 4.67. The van der Waals surface area contributed by atoms with E-state index in [1.54, 1.807) is 0 Å². The minimum atomic E-state index is 0.415. The summed E-state index contributed by atoms with van der Waals surface area (Å²) in [6.07, 6.45) is 5.23. The van der Waals surface area contributed by atoms with Gasteiger partial charge in [0.1, 0.15) is 0 Å². The van der Waals surface area contributed by atoms with Crippen molar-refractivity contribution in [3.63, 3.8) is 0 Å². The van der Waals surface area contributed by atoms with Crippen LogP contribution in [0.3, 0.4) is 0 Å². The largest absolute Gasteiger partial charge is 0.388 e. The molecule has 1 fully saturated rings. The zero-order valence-electron chi connectivity index (χ0n) is 6.78. The van der Waals surface area contributed by atoms with E-state index in [4.69, 9.17) is 0 Å². The second-order valence-corrected chi connectivity index (χ2v) is 4.22. The summed E-state index contributed by atoms with van der Waals surface area (Å²) >= 11 is 0. The van der Waals surface area contributed by atoms with Gasteiger partial charge >= 0.3 is 0 Å². The molecule has 0 radical (unpaired) electrons. The number of hydrogen-bond donors (Lipinski definition) is 1. The summed E-state index contributed by atoms with van der Waals surface area (Å²) in [6.45, 7) is 5.71. The van der Waals surface area contributed by atoms with E-state index < -0.39 is 0 Å². The number of rotatable bonds is 1. The van der Waals surface area contributed by atoms with Crippen LogP contribution in [0.2, 0.25) is 0 Å². The van der Waals surface area contributed by atoms with Crippen molar-refractivity contribution < 1.29 is 0 Å². The van der Waals surface area contributed by atoms with Gasteiger partial charge < -0.3 is 5.32 Å². The van der Waals surface area contributed by atoms with Gasteiger partial charge in [-0.3, -0.25) is 0 Å². The van der Waals surface area contributed by atoms with Crippen molar-refractivity contribution >= 4 is 0 Å². The van der Waals surface area contributed by atoms with Crippen molar-refractivity contribution in [2.24, 2.45) is 11.3 Å². The average molecular weight is 137 g/mol. The summed E-state index contributed by atoms with van der Waals surface area (Å²) in [4.78, 5) is 0. The lowest BCUT2D eigenvalue weighted by molar-refractivity contribution is 0.495. The third-order valence-corrected chi connectivity index (χ3v) is 2.31. The van der Waals surface area contributed by atoms with Gasteiger partial charge in [0.05, 0.1) is 0 Å². The predicted octanol–water partition coefficient (Wildman–Crippen LogP) is 1.91. The summed E-state index contributed by atoms with van der Waals surface area (Å²) in [5.41, 5.74) is 1.93. The van der Waals surface area contributed by atoms with Crippen LogP contribution in [-0.2, 0) is 0 Å². The Balaban J connectivity index is 2.10. The van der Waals surface area contributed by atoms with Gasteiger partial charge in [0.2, 0.25) is 0 Å². The summed E-state index contributed by atoms with van der Waals surface area (Å²) in [7, 11) is 0. The van der Waals surface area contributed by atoms with Gasteiger partial charge in [-0.05, 0) is 18.8 Å². The van der Waals surface area contributed by atoms with Crippen LogP contribution in [0.1, 0.15) is 26.7 Å². The van der Waals surface area contributed by atoms with Crippen LogP contribution in [-0.4, -0.2) is 6.54 Å². The first-order valence-electron chi connectivity index (χ1n) is 4.14. The molecule has 56 valence electrons. The maximum absolute atomic E-state index is 3.47. The molecule has 1 saturated carbocycles. The fourth-order valence-electron chi connectivity index (χ4n) is 1.51. The molecule has 0 atom stereocenters. The Labute approximate surface area is 62.5 Å². The molecule has 1 N–H and O–H groups in total. The van der Waals surface area contributed by atoms with E-state index in [0.717, 1.165) is 12.5 Å². The lowest BCUT2D eigenvalue weighted by atomic mass is 9.95. The summed E-state index contributed by atoms with van der Waals surface area (Å²) in [6, 6.07) is 0. The maximum Gasteiger partial charge on any atom is 0.0230 e. The molecular formula is C9H15N. The molecule has 1 aliphatic carbocycles. The number of hydrogen-bond acceptors (Lipinski definition) is 1. The smallest absolute Gasteiger partial charge is 0.0230 e. The first kappa shape index (κ1) is 6.26. The molecule has 0 aromatic rings. The van der Waals surface area contributed by atoms with E-state index in [1.807, 2.05) is 0 Å². The standard InChI is InChI=1S/C9H15N/c1-9(2)5-8(10-6-9)7-3-4-7/h5,7,10H,3-4,6H2,1-2H3. The third-order valence-electron chi connectivity index (χ3n) is 2.31. The van der Waals surface area contributed by atoms with Crippen LogP contribution in [0.4, 0.5) is 0 Å². The topological polar surface area (TPSA) is 12.0 Å². The van der Waals surface area contributed by atoms with Crippen molar-refractivity contribution in [3.8, 4) is 0 Å². The van der Waals surface area contributed by atoms with Crippen LogP contribution in [0.25, 0.3) is 0 Å². The molecule has 1 heterocycles. The second-order valence-electron chi connectivity index (χ2n) is 4.22. The van der Waals surface area contributed by atoms with E-state index in [2.05, 4.69) is 25.2 Å². The summed E-state index contributed by atoms with van der Waals surface area (Å²) in [5.74, 6) is 0.904. The molecular weight excluding hydrogens is 122 g/mol. The molecule has 0 aromatic heterocycles. The molecule has 2 aliphatic rings. The number of allylic oxidation sites excluding steroid dienone is 1. The van der Waals surface area contributed by atoms with E-state index in [-0.39, 0.29) is 0 Å². The van der Waals surface area contributed by atoms with Gasteiger partial charge in [-0.2, -0.15) is 0 Å². The second kappa shape index (κ2) is 1.77. The molecule has 1 aliphatic heterocycles. The van der Waals surface area contributed by atoms with Crippen molar-refractivity contribution in [1.82, 2.24) is 5.32 Å². The monoisotopic (exact) mass is 137 g/mol. The molecule has 1 heteroatoms. The molecule has 10 heavy (non-hydrogen) atoms. The van der Waals surface area contributed by atoms with Crippen molar-refractivity contribution in [2.45, 2.75) is 26.7 Å². The minimum Gasteiger partial charge on any atom is -0.388 e. The van der Waals surface area contributed by atoms with Crippen LogP contribution in [0.15, 0.2) is 11.8 Å². The fourth-order valence-corrected chi connectivity index (χ4v) is 1.51. The molecule has 0 spiro atoms. The quantitative estimate of drug-likeness (QED) is 0.582. The van der Waals surface area contributed by atoms with Crippen LogP contribution < -0.4 is 5.32 Å². The maximum atomic E-state index is 3.47. The minimum absolute atomic E-state index is 0.415. The lowest BCUT2D eigenvalue weighted by Crippen LogP contribution is -2.18. The molecule has 0 unspecified atom stereocenters. The highest BCUT2D eigenvalue weighted by Crippen LogP contribution is 2.39. The van der Waals surface area contributed by atoms with Gasteiger partial charge in [-0.25, -0.2) is 0 Å². The Kier molecular flexibility index (Phi) is 1.11. The van der Waals surface area contributed by atoms with Gasteiger partial charge in [-0.15, -0.1) is 0 Å². The Morgan fingerprint density at radius 1 is 1.50 bits per heavy atom. The Hall–Kier alpha value is -0.460. The van der Waals surface area contributed by atoms with Crippen LogP contribution >= 0.6 is 0 Å². The van der Waals surface area contributed by atoms with Gasteiger partial charge in [0, 0.05) is 17.7 Å². The van der Waals surface area contributed by atoms with Crippen molar-refractivity contribution in [2.75, 3.05) is 6.54 Å². The SMILES string of the molecule is CC1(C)C=C(C2CC2)NC1. The van der Waals surface area contributed by atoms with Crippen LogP contribution in [0, 0.1) is 11.3 Å². The highest BCUT2D eigenvalue weighted by atomic mass is 14.9. The van der Waals surface area contributed by atoms with Crippen molar-refractivity contribution in [3.05, 3.63) is 11.8 Å². The van der Waals surface area contributed by atoms with E-state index in [1.165, 1.54) is 18.5 Å². The van der Waals surface area contributed by atoms with Gasteiger partial charge in [-0.1, -0.05) is 19.9 Å². The zero-order valence-corrected chi connectivity index (χ0v) is 6.78. The van der Waals surface area contributed by atoms with E-state index in [0.29, 0.717) is 5.41 Å². The predicted molar refractivity (Wildman–Crippen MR) is 42.6 cm³/mol.